The number of rotatable bonds is 4. The van der Waals surface area contributed by atoms with Gasteiger partial charge in [0.15, 0.2) is 23.7 Å². The fourth-order valence-electron chi connectivity index (χ4n) is 3.03. The molecule has 0 spiro atoms. The molecule has 0 aliphatic heterocycles. The van der Waals surface area contributed by atoms with Crippen LogP contribution in [0.15, 0.2) is 59.4 Å². The lowest BCUT2D eigenvalue weighted by atomic mass is 10.2. The van der Waals surface area contributed by atoms with E-state index in [4.69, 9.17) is 9.26 Å². The molecule has 5 aromatic rings. The Bertz CT molecular complexity index is 1310. The number of fused-ring (bicyclic) bond motifs is 3. The van der Waals surface area contributed by atoms with Gasteiger partial charge in [0.05, 0.1) is 16.5 Å². The number of para-hydroxylation sites is 1. The van der Waals surface area contributed by atoms with Crippen molar-refractivity contribution in [2.24, 2.45) is 0 Å². The number of nitrogens with zero attached hydrogens (tertiary/aromatic N) is 6. The van der Waals surface area contributed by atoms with Gasteiger partial charge in [0.1, 0.15) is 18.1 Å². The monoisotopic (exact) mass is 374 g/mol. The highest BCUT2D eigenvalue weighted by molar-refractivity contribution is 5.88. The minimum atomic E-state index is 0.205. The second-order valence-corrected chi connectivity index (χ2v) is 6.29. The first kappa shape index (κ1) is 16.2. The summed E-state index contributed by atoms with van der Waals surface area (Å²) in [5, 5.41) is 24.7. The minimum Gasteiger partial charge on any atom is -0.619 e. The molecular formula is C19H14N6O3. The van der Waals surface area contributed by atoms with Crippen molar-refractivity contribution in [3.63, 3.8) is 0 Å². The van der Waals surface area contributed by atoms with Gasteiger partial charge in [-0.3, -0.25) is 0 Å². The van der Waals surface area contributed by atoms with Gasteiger partial charge in [0.2, 0.25) is 5.88 Å². The zero-order valence-electron chi connectivity index (χ0n) is 14.8. The van der Waals surface area contributed by atoms with E-state index in [0.717, 1.165) is 21.2 Å². The molecule has 9 heteroatoms. The predicted octanol–water partition coefficient (Wildman–Crippen LogP) is 2.45. The summed E-state index contributed by atoms with van der Waals surface area (Å²) < 4.78 is 13.5. The number of pyridine rings is 1. The molecule has 5 rings (SSSR count). The molecule has 138 valence electrons. The molecule has 4 heterocycles. The Morgan fingerprint density at radius 1 is 1.21 bits per heavy atom. The smallest absolute Gasteiger partial charge is 0.225 e. The third kappa shape index (κ3) is 2.69. The maximum absolute atomic E-state index is 11.5. The summed E-state index contributed by atoms with van der Waals surface area (Å²) in [7, 11) is 0. The van der Waals surface area contributed by atoms with Crippen molar-refractivity contribution >= 4 is 16.6 Å². The van der Waals surface area contributed by atoms with E-state index in [1.165, 1.54) is 12.4 Å². The van der Waals surface area contributed by atoms with Crippen LogP contribution in [0.1, 0.15) is 11.3 Å². The molecule has 0 unspecified atom stereocenters. The van der Waals surface area contributed by atoms with Gasteiger partial charge in [-0.05, 0) is 25.1 Å². The minimum absolute atomic E-state index is 0.205. The van der Waals surface area contributed by atoms with E-state index in [-0.39, 0.29) is 6.61 Å². The molecule has 9 nitrogen and oxygen atoms in total. The van der Waals surface area contributed by atoms with Gasteiger partial charge in [-0.2, -0.15) is 14.2 Å². The van der Waals surface area contributed by atoms with E-state index in [9.17, 15) is 5.21 Å². The van der Waals surface area contributed by atoms with Gasteiger partial charge in [0, 0.05) is 12.1 Å². The van der Waals surface area contributed by atoms with Crippen LogP contribution in [0.3, 0.4) is 0 Å². The normalized spacial score (nSPS) is 11.3. The van der Waals surface area contributed by atoms with E-state index in [1.807, 2.05) is 37.3 Å². The summed E-state index contributed by atoms with van der Waals surface area (Å²) in [4.78, 5) is 4.64. The molecule has 0 fully saturated rings. The van der Waals surface area contributed by atoms with Crippen LogP contribution in [0.4, 0.5) is 0 Å². The van der Waals surface area contributed by atoms with Gasteiger partial charge in [0.25, 0.3) is 0 Å². The van der Waals surface area contributed by atoms with Gasteiger partial charge in [-0.15, -0.1) is 5.10 Å². The SMILES string of the molecule is Cc1cc(-c2nnn3c2nc(OCc2ccc[n+]([O-])c2)c2ccccc23)no1. The Hall–Kier alpha value is -4.01. The van der Waals surface area contributed by atoms with Crippen LogP contribution < -0.4 is 9.47 Å². The lowest BCUT2D eigenvalue weighted by Gasteiger charge is -2.09. The highest BCUT2D eigenvalue weighted by atomic mass is 16.5. The number of benzene rings is 1. The first-order valence-corrected chi connectivity index (χ1v) is 8.57. The first-order chi connectivity index (χ1) is 13.7. The van der Waals surface area contributed by atoms with E-state index < -0.39 is 0 Å². The maximum atomic E-state index is 11.5. The van der Waals surface area contributed by atoms with Crippen molar-refractivity contribution in [3.8, 4) is 17.3 Å². The van der Waals surface area contributed by atoms with E-state index >= 15 is 0 Å². The van der Waals surface area contributed by atoms with Crippen molar-refractivity contribution < 1.29 is 14.0 Å². The van der Waals surface area contributed by atoms with Crippen LogP contribution in [0.2, 0.25) is 0 Å². The predicted molar refractivity (Wildman–Crippen MR) is 98.3 cm³/mol. The standard InChI is InChI=1S/C19H14N6O3/c1-12-9-15(22-28-12)17-18-20-19(27-11-13-5-4-8-24(26)10-13)14-6-2-3-7-16(14)25(18)23-21-17/h2-10H,11H2,1H3. The van der Waals surface area contributed by atoms with E-state index in [0.29, 0.717) is 28.7 Å². The number of aryl methyl sites for hydroxylation is 1. The highest BCUT2D eigenvalue weighted by Gasteiger charge is 2.18. The van der Waals surface area contributed by atoms with E-state index in [2.05, 4.69) is 20.5 Å². The fraction of sp³-hybridized carbons (Fsp3) is 0.105. The lowest BCUT2D eigenvalue weighted by Crippen LogP contribution is -2.25. The molecule has 0 radical (unpaired) electrons. The molecule has 0 N–H and O–H groups in total. The summed E-state index contributed by atoms with van der Waals surface area (Å²) in [6.45, 7) is 2.01. The molecule has 0 atom stereocenters. The molecule has 0 aliphatic rings. The average molecular weight is 374 g/mol. The van der Waals surface area contributed by atoms with Crippen LogP contribution in [0.25, 0.3) is 27.9 Å². The Morgan fingerprint density at radius 3 is 2.93 bits per heavy atom. The van der Waals surface area contributed by atoms with Crippen molar-refractivity contribution in [3.05, 3.63) is 71.4 Å². The summed E-state index contributed by atoms with van der Waals surface area (Å²) in [6, 6.07) is 12.9. The molecule has 0 aliphatic carbocycles. The first-order valence-electron chi connectivity index (χ1n) is 8.57. The van der Waals surface area contributed by atoms with Crippen molar-refractivity contribution in [2.75, 3.05) is 0 Å². The van der Waals surface area contributed by atoms with E-state index in [1.54, 1.807) is 16.6 Å². The molecule has 1 aromatic carbocycles. The third-order valence-corrected chi connectivity index (χ3v) is 4.30. The van der Waals surface area contributed by atoms with Gasteiger partial charge < -0.3 is 14.5 Å². The average Bonchev–Trinajstić information content (AvgIpc) is 3.32. The van der Waals surface area contributed by atoms with Crippen LogP contribution in [-0.4, -0.2) is 25.0 Å². The van der Waals surface area contributed by atoms with Gasteiger partial charge in [-0.1, -0.05) is 22.5 Å². The number of hydrogen-bond acceptors (Lipinski definition) is 7. The molecule has 0 bridgehead atoms. The fourth-order valence-corrected chi connectivity index (χ4v) is 3.03. The molecular weight excluding hydrogens is 360 g/mol. The van der Waals surface area contributed by atoms with Gasteiger partial charge >= 0.3 is 0 Å². The summed E-state index contributed by atoms with van der Waals surface area (Å²) in [5.41, 5.74) is 3.10. The second-order valence-electron chi connectivity index (χ2n) is 6.29. The number of ether oxygens (including phenoxy) is 1. The van der Waals surface area contributed by atoms with Crippen molar-refractivity contribution in [1.29, 1.82) is 0 Å². The quantitative estimate of drug-likeness (QED) is 0.351. The van der Waals surface area contributed by atoms with Crippen molar-refractivity contribution in [1.82, 2.24) is 25.0 Å². The van der Waals surface area contributed by atoms with Crippen LogP contribution >= 0.6 is 0 Å². The molecule has 0 saturated heterocycles. The molecule has 0 saturated carbocycles. The summed E-state index contributed by atoms with van der Waals surface area (Å²) >= 11 is 0. The molecule has 0 amide bonds. The Kier molecular flexibility index (Phi) is 3.64. The second kappa shape index (κ2) is 6.31. The molecule has 4 aromatic heterocycles. The summed E-state index contributed by atoms with van der Waals surface area (Å²) in [6.07, 6.45) is 2.89. The Morgan fingerprint density at radius 2 is 2.11 bits per heavy atom. The van der Waals surface area contributed by atoms with Crippen LogP contribution in [-0.2, 0) is 6.61 Å². The third-order valence-electron chi connectivity index (χ3n) is 4.30. The zero-order chi connectivity index (χ0) is 19.1. The topological polar surface area (TPSA) is 105 Å². The van der Waals surface area contributed by atoms with Crippen LogP contribution in [0, 0.1) is 12.1 Å². The Balaban J connectivity index is 1.64. The van der Waals surface area contributed by atoms with Crippen LogP contribution in [0.5, 0.6) is 5.88 Å². The van der Waals surface area contributed by atoms with Crippen molar-refractivity contribution in [2.45, 2.75) is 13.5 Å². The zero-order valence-corrected chi connectivity index (χ0v) is 14.8. The number of aromatic nitrogens is 6. The number of hydrogen-bond donors (Lipinski definition) is 0. The van der Waals surface area contributed by atoms with Gasteiger partial charge in [-0.25, -0.2) is 0 Å². The largest absolute Gasteiger partial charge is 0.619 e. The highest BCUT2D eigenvalue weighted by Crippen LogP contribution is 2.29. The summed E-state index contributed by atoms with van der Waals surface area (Å²) in [5.74, 6) is 1.09. The maximum Gasteiger partial charge on any atom is 0.225 e. The molecule has 28 heavy (non-hydrogen) atoms. The Labute approximate surface area is 158 Å². The lowest BCUT2D eigenvalue weighted by molar-refractivity contribution is -0.606.